The summed E-state index contributed by atoms with van der Waals surface area (Å²) in [4.78, 5) is 12.0. The van der Waals surface area contributed by atoms with E-state index in [-0.39, 0.29) is 121 Å². The van der Waals surface area contributed by atoms with Gasteiger partial charge >= 0.3 is 57.2 Å². The van der Waals surface area contributed by atoms with Gasteiger partial charge in [0, 0.05) is 27.7 Å². The molecule has 0 amide bonds. The van der Waals surface area contributed by atoms with Crippen molar-refractivity contribution >= 4 is 7.82 Å². The van der Waals surface area contributed by atoms with Crippen LogP contribution in [0.2, 0.25) is 0 Å². The summed E-state index contributed by atoms with van der Waals surface area (Å²) in [5, 5.41) is 0. The Hall–Kier alpha value is -8.13. The molecule has 0 fully saturated rings. The second kappa shape index (κ2) is 20.7. The monoisotopic (exact) mass is 1310 g/mol. The number of hydrogen-bond donors (Lipinski definition) is 1. The highest BCUT2D eigenvalue weighted by molar-refractivity contribution is 7.48. The fourth-order valence-corrected chi connectivity index (χ4v) is 12.6. The Kier molecular flexibility index (Phi) is 14.6. The summed E-state index contributed by atoms with van der Waals surface area (Å²) in [7, 11) is -5.94. The van der Waals surface area contributed by atoms with Gasteiger partial charge in [0.2, 0.25) is 0 Å². The van der Waals surface area contributed by atoms with E-state index in [1.165, 1.54) is 12.1 Å². The normalized spacial score (nSPS) is 15.8. The van der Waals surface area contributed by atoms with Crippen LogP contribution in [0.5, 0.6) is 11.5 Å². The molecule has 8 aromatic carbocycles. The van der Waals surface area contributed by atoms with E-state index in [4.69, 9.17) is 9.05 Å². The molecule has 90 heavy (non-hydrogen) atoms. The first kappa shape index (κ1) is 63.4. The molecule has 3 aliphatic rings. The van der Waals surface area contributed by atoms with Gasteiger partial charge in [0.15, 0.2) is 0 Å². The topological polar surface area (TPSA) is 55.8 Å². The molecule has 0 radical (unpaired) electrons. The maximum Gasteiger partial charge on any atom is 0.584 e. The van der Waals surface area contributed by atoms with Gasteiger partial charge in [0.25, 0.3) is 0 Å². The van der Waals surface area contributed by atoms with Crippen LogP contribution in [-0.2, 0) is 72.2 Å². The van der Waals surface area contributed by atoms with Gasteiger partial charge < -0.3 is 9.05 Å². The van der Waals surface area contributed by atoms with Crippen LogP contribution in [0, 0.1) is 0 Å². The van der Waals surface area contributed by atoms with E-state index < -0.39 is 185 Å². The molecule has 1 spiro atoms. The first-order valence-corrected chi connectivity index (χ1v) is 27.3. The fraction of sp³-hybridized carbons (Fsp3) is 0.213. The Morgan fingerprint density at radius 2 is 0.500 bits per heavy atom. The summed E-state index contributed by atoms with van der Waals surface area (Å²) in [5.74, 6) is -1.27. The lowest BCUT2D eigenvalue weighted by Gasteiger charge is -2.34. The highest BCUT2D eigenvalue weighted by Gasteiger charge is 2.53. The van der Waals surface area contributed by atoms with Gasteiger partial charge in [-0.15, -0.1) is 0 Å². The van der Waals surface area contributed by atoms with Crippen molar-refractivity contribution in [1.29, 1.82) is 0 Å². The lowest BCUT2D eigenvalue weighted by atomic mass is 9.74. The molecule has 0 aromatic heterocycles. The van der Waals surface area contributed by atoms with Crippen LogP contribution in [0.3, 0.4) is 0 Å². The molecule has 472 valence electrons. The van der Waals surface area contributed by atoms with Crippen LogP contribution in [0.25, 0.3) is 66.8 Å². The largest absolute Gasteiger partial charge is 0.584 e. The molecule has 2 aliphatic carbocycles. The van der Waals surface area contributed by atoms with Gasteiger partial charge in [-0.3, -0.25) is 4.89 Å². The summed E-state index contributed by atoms with van der Waals surface area (Å²) in [6, 6.07) is 10.5. The Morgan fingerprint density at radius 1 is 0.300 bits per heavy atom. The Bertz CT molecular complexity index is 3730. The molecule has 0 saturated carbocycles. The lowest BCUT2D eigenvalue weighted by Crippen LogP contribution is -2.25. The second-order valence-electron chi connectivity index (χ2n) is 21.5. The van der Waals surface area contributed by atoms with E-state index in [1.54, 1.807) is 0 Å². The standard InChI is InChI=1S/C61H31F24O4P/c62-54(63,64)39-15-33(16-40(23-39)55(65,66)67)29-9-30(34-17-41(56(68,69)70)24-42(18-34)57(71,72)73)12-37(11-29)47-3-1-27-5-7-53-8-6-28-2-4-48(52(50(28)53)89-90(86,87)88-51(47)49(27)53)38-13-31(35-19-43(58(74,75)76)25-44(20-35)59(77,78)79)10-32(14-38)36-21-45(60(80,81)82)26-46(22-36)61(83,84)85/h1-4,9-26H,5-8H2,(H,86,87). The zero-order valence-electron chi connectivity index (χ0n) is 44.2. The number of phosphoric acid groups is 1. The van der Waals surface area contributed by atoms with Crippen LogP contribution < -0.4 is 9.05 Å². The van der Waals surface area contributed by atoms with Gasteiger partial charge in [-0.05, 0) is 202 Å². The third kappa shape index (κ3) is 12.0. The minimum atomic E-state index is -5.94. The van der Waals surface area contributed by atoms with Gasteiger partial charge in [-0.1, -0.05) is 24.3 Å². The Morgan fingerprint density at radius 3 is 0.711 bits per heavy atom. The number of hydrogen-bond acceptors (Lipinski definition) is 3. The molecule has 29 heteroatoms. The first-order valence-electron chi connectivity index (χ1n) is 25.8. The van der Waals surface area contributed by atoms with Crippen molar-refractivity contribution in [3.05, 3.63) is 200 Å². The number of aryl methyl sites for hydroxylation is 2. The van der Waals surface area contributed by atoms with Crippen molar-refractivity contribution in [3.63, 3.8) is 0 Å². The highest BCUT2D eigenvalue weighted by Crippen LogP contribution is 2.66. The third-order valence-corrected chi connectivity index (χ3v) is 16.5. The van der Waals surface area contributed by atoms with E-state index in [1.807, 2.05) is 0 Å². The maximum atomic E-state index is 14.8. The molecule has 0 bridgehead atoms. The highest BCUT2D eigenvalue weighted by atomic mass is 31.2. The van der Waals surface area contributed by atoms with Crippen LogP contribution >= 0.6 is 7.82 Å². The second-order valence-corrected chi connectivity index (χ2v) is 22.8. The summed E-state index contributed by atoms with van der Waals surface area (Å²) < 4.78 is 371. The van der Waals surface area contributed by atoms with E-state index in [0.29, 0.717) is 12.1 Å². The van der Waals surface area contributed by atoms with Crippen LogP contribution in [0.15, 0.2) is 133 Å². The molecule has 1 heterocycles. The Labute approximate surface area is 489 Å². The zero-order chi connectivity index (χ0) is 65.8. The summed E-state index contributed by atoms with van der Waals surface area (Å²) in [6.45, 7) is 0. The van der Waals surface area contributed by atoms with Crippen LogP contribution in [0.1, 0.15) is 79.6 Å². The molecule has 0 unspecified atom stereocenters. The number of alkyl halides is 24. The SMILES string of the molecule is O=P1(O)Oc2c(-c3cc(-c4cc(C(F)(F)F)cc(C(F)(F)F)c4)cc(-c4cc(C(F)(F)F)cc(C(F)(F)F)c4)c3)ccc3c2C2(CC3)CCc3ccc(-c4cc(-c5cc(C(F)(F)F)cc(C(F)(F)F)c5)cc(-c5cc(C(F)(F)F)cc(C(F)(F)F)c5)c4)c(c32)O1. The number of rotatable bonds is 6. The van der Waals surface area contributed by atoms with Crippen LogP contribution in [0.4, 0.5) is 105 Å². The molecule has 1 N–H and O–H groups in total. The van der Waals surface area contributed by atoms with E-state index in [9.17, 15) is 115 Å². The van der Waals surface area contributed by atoms with Crippen LogP contribution in [-0.4, -0.2) is 4.89 Å². The molecular weight excluding hydrogens is 1280 g/mol. The molecule has 8 aromatic rings. The predicted octanol–water partition coefficient (Wildman–Crippen LogP) is 21.9. The van der Waals surface area contributed by atoms with Gasteiger partial charge in [0.1, 0.15) is 11.5 Å². The lowest BCUT2D eigenvalue weighted by molar-refractivity contribution is -0.144. The number of benzene rings is 8. The van der Waals surface area contributed by atoms with Crippen molar-refractivity contribution in [2.75, 3.05) is 0 Å². The van der Waals surface area contributed by atoms with Crippen molar-refractivity contribution < 1.29 is 124 Å². The van der Waals surface area contributed by atoms with E-state index in [2.05, 4.69) is 0 Å². The minimum absolute atomic E-state index is 0.000243. The first-order chi connectivity index (χ1) is 41.3. The van der Waals surface area contributed by atoms with E-state index in [0.717, 1.165) is 36.4 Å². The maximum absolute atomic E-state index is 14.8. The Balaban J connectivity index is 1.17. The summed E-state index contributed by atoms with van der Waals surface area (Å²) in [6.07, 6.45) is -44.0. The smallest absolute Gasteiger partial charge is 0.394 e. The summed E-state index contributed by atoms with van der Waals surface area (Å²) in [5.41, 5.74) is -24.6. The third-order valence-electron chi connectivity index (χ3n) is 15.7. The molecule has 0 atom stereocenters. The van der Waals surface area contributed by atoms with Crippen molar-refractivity contribution in [3.8, 4) is 78.3 Å². The summed E-state index contributed by atoms with van der Waals surface area (Å²) >= 11 is 0. The minimum Gasteiger partial charge on any atom is -0.394 e. The van der Waals surface area contributed by atoms with Crippen molar-refractivity contribution in [2.45, 2.75) is 80.5 Å². The van der Waals surface area contributed by atoms with Gasteiger partial charge in [-0.25, -0.2) is 4.57 Å². The number of halogens is 24. The fourth-order valence-electron chi connectivity index (χ4n) is 11.8. The average Bonchev–Trinajstić information content (AvgIpc) is 1.50. The van der Waals surface area contributed by atoms with Gasteiger partial charge in [-0.2, -0.15) is 105 Å². The zero-order valence-corrected chi connectivity index (χ0v) is 45.1. The molecule has 11 rings (SSSR count). The predicted molar refractivity (Wildman–Crippen MR) is 274 cm³/mol. The van der Waals surface area contributed by atoms with Crippen molar-refractivity contribution in [1.82, 2.24) is 0 Å². The number of phosphoric ester groups is 1. The van der Waals surface area contributed by atoms with E-state index >= 15 is 0 Å². The molecule has 1 aliphatic heterocycles. The average molecular weight is 1310 g/mol. The van der Waals surface area contributed by atoms with Gasteiger partial charge in [0.05, 0.1) is 44.5 Å². The molecular formula is C61H31F24O4P. The quantitative estimate of drug-likeness (QED) is 0.133. The molecule has 4 nitrogen and oxygen atoms in total. The van der Waals surface area contributed by atoms with Crippen molar-refractivity contribution in [2.24, 2.45) is 0 Å². The molecule has 0 saturated heterocycles.